The summed E-state index contributed by atoms with van der Waals surface area (Å²) in [6.07, 6.45) is 5.55. The molecule has 8 nitrogen and oxygen atoms in total. The van der Waals surface area contributed by atoms with Crippen molar-refractivity contribution in [3.63, 3.8) is 0 Å². The number of rotatable bonds is 5. The van der Waals surface area contributed by atoms with Crippen LogP contribution in [-0.4, -0.2) is 43.9 Å². The quantitative estimate of drug-likeness (QED) is 0.537. The highest BCUT2D eigenvalue weighted by Gasteiger charge is 2.23. The highest BCUT2D eigenvalue weighted by atomic mass is 35.5. The molecule has 34 heavy (non-hydrogen) atoms. The molecule has 2 aromatic carbocycles. The minimum atomic E-state index is -3.45. The minimum absolute atomic E-state index is 0. The molecule has 0 radical (unpaired) electrons. The predicted molar refractivity (Wildman–Crippen MR) is 137 cm³/mol. The Morgan fingerprint density at radius 2 is 1.94 bits per heavy atom. The molecule has 1 atom stereocenters. The summed E-state index contributed by atoms with van der Waals surface area (Å²) >= 11 is 0. The number of fused-ring (bicyclic) bond motifs is 1. The maximum atomic E-state index is 12.1. The molecule has 1 aromatic heterocycles. The summed E-state index contributed by atoms with van der Waals surface area (Å²) in [6, 6.07) is 12.2. The summed E-state index contributed by atoms with van der Waals surface area (Å²) in [6.45, 7) is 4.91. The molecule has 2 aliphatic heterocycles. The molecule has 1 fully saturated rings. The fraction of sp³-hybridized carbons (Fsp3) is 0.417. The van der Waals surface area contributed by atoms with Crippen LogP contribution in [0.2, 0.25) is 0 Å². The first-order chi connectivity index (χ1) is 15.9. The van der Waals surface area contributed by atoms with Gasteiger partial charge in [-0.25, -0.2) is 8.42 Å². The van der Waals surface area contributed by atoms with Crippen molar-refractivity contribution in [1.29, 1.82) is 0 Å². The van der Waals surface area contributed by atoms with Crippen LogP contribution in [-0.2, 0) is 23.0 Å². The normalized spacial score (nSPS) is 18.2. The fourth-order valence-corrected chi connectivity index (χ4v) is 5.30. The Hall–Kier alpha value is -2.62. The minimum Gasteiger partial charge on any atom is -0.367 e. The van der Waals surface area contributed by atoms with E-state index in [1.165, 1.54) is 23.8 Å². The second-order valence-corrected chi connectivity index (χ2v) is 10.7. The van der Waals surface area contributed by atoms with Crippen molar-refractivity contribution in [1.82, 2.24) is 15.5 Å². The third-order valence-electron chi connectivity index (χ3n) is 6.43. The van der Waals surface area contributed by atoms with E-state index in [4.69, 9.17) is 4.52 Å². The van der Waals surface area contributed by atoms with Gasteiger partial charge in [0, 0.05) is 30.3 Å². The van der Waals surface area contributed by atoms with E-state index in [1.54, 1.807) is 6.07 Å². The summed E-state index contributed by atoms with van der Waals surface area (Å²) in [5, 5.41) is 7.57. The maximum Gasteiger partial charge on any atom is 0.258 e. The Morgan fingerprint density at radius 3 is 2.74 bits per heavy atom. The lowest BCUT2D eigenvalue weighted by Gasteiger charge is -2.36. The van der Waals surface area contributed by atoms with Gasteiger partial charge in [-0.2, -0.15) is 4.98 Å². The number of sulfonamides is 1. The molecule has 0 saturated carbocycles. The first-order valence-corrected chi connectivity index (χ1v) is 13.3. The molecule has 0 aliphatic carbocycles. The van der Waals surface area contributed by atoms with Gasteiger partial charge in [0.15, 0.2) is 0 Å². The molecule has 2 aliphatic rings. The summed E-state index contributed by atoms with van der Waals surface area (Å²) in [7, 11) is -3.45. The van der Waals surface area contributed by atoms with E-state index >= 15 is 0 Å². The molecular weight excluding hydrogens is 474 g/mol. The first kappa shape index (κ1) is 24.5. The monoisotopic (exact) mass is 503 g/mol. The molecular formula is C24H30ClN5O3S. The largest absolute Gasteiger partial charge is 0.367 e. The lowest BCUT2D eigenvalue weighted by Crippen LogP contribution is -2.38. The van der Waals surface area contributed by atoms with Crippen molar-refractivity contribution < 1.29 is 12.9 Å². The SMILES string of the molecule is CC1CCCCN1c1ccc(-c2nc(-c3ccc4c(c3)CNCC4)no2)cc1NS(C)(=O)=O.Cl. The van der Waals surface area contributed by atoms with Crippen molar-refractivity contribution in [3.8, 4) is 22.8 Å². The van der Waals surface area contributed by atoms with E-state index in [-0.39, 0.29) is 12.4 Å². The second kappa shape index (κ2) is 9.93. The van der Waals surface area contributed by atoms with Gasteiger partial charge in [0.25, 0.3) is 5.89 Å². The number of piperidine rings is 1. The highest BCUT2D eigenvalue weighted by Crippen LogP contribution is 2.35. The number of anilines is 2. The molecule has 0 spiro atoms. The van der Waals surface area contributed by atoms with Crippen LogP contribution in [0.5, 0.6) is 0 Å². The molecule has 1 saturated heterocycles. The number of aromatic nitrogens is 2. The van der Waals surface area contributed by atoms with E-state index in [0.717, 1.165) is 50.1 Å². The number of nitrogens with zero attached hydrogens (tertiary/aromatic N) is 3. The van der Waals surface area contributed by atoms with E-state index in [2.05, 4.69) is 44.1 Å². The Labute approximate surface area is 206 Å². The van der Waals surface area contributed by atoms with Crippen LogP contribution < -0.4 is 14.9 Å². The second-order valence-electron chi connectivity index (χ2n) is 8.98. The lowest BCUT2D eigenvalue weighted by molar-refractivity contribution is 0.432. The number of benzene rings is 2. The molecule has 2 N–H and O–H groups in total. The molecule has 182 valence electrons. The average Bonchev–Trinajstić information content (AvgIpc) is 3.29. The molecule has 0 amide bonds. The molecule has 5 rings (SSSR count). The van der Waals surface area contributed by atoms with Crippen molar-refractivity contribution >= 4 is 33.8 Å². The molecule has 0 bridgehead atoms. The third kappa shape index (κ3) is 5.21. The summed E-state index contributed by atoms with van der Waals surface area (Å²) in [5.41, 5.74) is 5.58. The van der Waals surface area contributed by atoms with Crippen LogP contribution in [0, 0.1) is 0 Å². The van der Waals surface area contributed by atoms with Gasteiger partial charge in [-0.3, -0.25) is 4.72 Å². The van der Waals surface area contributed by atoms with Gasteiger partial charge in [0.05, 0.1) is 17.6 Å². The third-order valence-corrected chi connectivity index (χ3v) is 7.02. The summed E-state index contributed by atoms with van der Waals surface area (Å²) < 4.78 is 32.4. The number of nitrogens with one attached hydrogen (secondary N) is 2. The number of hydrogen-bond donors (Lipinski definition) is 2. The Balaban J connectivity index is 0.00000274. The van der Waals surface area contributed by atoms with Gasteiger partial charge >= 0.3 is 0 Å². The fourth-order valence-electron chi connectivity index (χ4n) is 4.73. The smallest absolute Gasteiger partial charge is 0.258 e. The van der Waals surface area contributed by atoms with Gasteiger partial charge in [0.1, 0.15) is 0 Å². The van der Waals surface area contributed by atoms with Gasteiger partial charge < -0.3 is 14.7 Å². The molecule has 3 heterocycles. The molecule has 1 unspecified atom stereocenters. The number of hydrogen-bond acceptors (Lipinski definition) is 7. The van der Waals surface area contributed by atoms with Gasteiger partial charge in [0.2, 0.25) is 15.8 Å². The molecule has 10 heteroatoms. The van der Waals surface area contributed by atoms with Gasteiger partial charge in [-0.15, -0.1) is 12.4 Å². The van der Waals surface area contributed by atoms with Crippen molar-refractivity contribution in [3.05, 3.63) is 47.5 Å². The Kier molecular flexibility index (Phi) is 7.16. The maximum absolute atomic E-state index is 12.1. The van der Waals surface area contributed by atoms with Crippen LogP contribution in [0.25, 0.3) is 22.8 Å². The lowest BCUT2D eigenvalue weighted by atomic mass is 9.98. The topological polar surface area (TPSA) is 100 Å². The Morgan fingerprint density at radius 1 is 1.12 bits per heavy atom. The van der Waals surface area contributed by atoms with Crippen LogP contribution in [0.1, 0.15) is 37.3 Å². The van der Waals surface area contributed by atoms with Crippen LogP contribution in [0.15, 0.2) is 40.9 Å². The van der Waals surface area contributed by atoms with Crippen molar-refractivity contribution in [2.75, 3.05) is 29.0 Å². The zero-order chi connectivity index (χ0) is 23.0. The van der Waals surface area contributed by atoms with E-state index in [9.17, 15) is 8.42 Å². The average molecular weight is 504 g/mol. The standard InChI is InChI=1S/C24H29N5O3S.ClH/c1-16-5-3-4-12-29(16)22-9-8-19(14-21(22)28-33(2,30)31)24-26-23(27-32-24)18-7-6-17-10-11-25-15-20(17)13-18;/h6-9,13-14,16,25,28H,3-5,10-12,15H2,1-2H3;1H. The van der Waals surface area contributed by atoms with Gasteiger partial charge in [-0.1, -0.05) is 17.3 Å². The first-order valence-electron chi connectivity index (χ1n) is 11.4. The van der Waals surface area contributed by atoms with E-state index in [1.807, 2.05) is 18.2 Å². The van der Waals surface area contributed by atoms with Crippen LogP contribution in [0.3, 0.4) is 0 Å². The zero-order valence-electron chi connectivity index (χ0n) is 19.4. The van der Waals surface area contributed by atoms with Crippen LogP contribution >= 0.6 is 12.4 Å². The predicted octanol–water partition coefficient (Wildman–Crippen LogP) is 4.22. The van der Waals surface area contributed by atoms with Crippen molar-refractivity contribution in [2.24, 2.45) is 0 Å². The van der Waals surface area contributed by atoms with Crippen molar-refractivity contribution in [2.45, 2.75) is 45.2 Å². The van der Waals surface area contributed by atoms with E-state index < -0.39 is 10.0 Å². The Bertz CT molecular complexity index is 1280. The van der Waals surface area contributed by atoms with E-state index in [0.29, 0.717) is 29.0 Å². The summed E-state index contributed by atoms with van der Waals surface area (Å²) in [4.78, 5) is 6.87. The van der Waals surface area contributed by atoms with Gasteiger partial charge in [-0.05, 0) is 74.5 Å². The highest BCUT2D eigenvalue weighted by molar-refractivity contribution is 7.92. The number of halogens is 1. The van der Waals surface area contributed by atoms with Crippen LogP contribution in [0.4, 0.5) is 11.4 Å². The molecule has 3 aromatic rings. The summed E-state index contributed by atoms with van der Waals surface area (Å²) in [5.74, 6) is 0.875. The zero-order valence-corrected chi connectivity index (χ0v) is 21.0.